The zero-order valence-corrected chi connectivity index (χ0v) is 10.6. The van der Waals surface area contributed by atoms with Gasteiger partial charge in [0.25, 0.3) is 0 Å². The molecule has 1 heterocycles. The Kier molecular flexibility index (Phi) is 4.86. The van der Waals surface area contributed by atoms with Gasteiger partial charge in [-0.2, -0.15) is 0 Å². The lowest BCUT2D eigenvalue weighted by molar-refractivity contribution is -0.0670. The summed E-state index contributed by atoms with van der Waals surface area (Å²) in [5, 5.41) is 3.04. The molecule has 1 aromatic rings. The Hall–Kier alpha value is -1.47. The lowest BCUT2D eigenvalue weighted by Crippen LogP contribution is -2.60. The van der Waals surface area contributed by atoms with E-state index in [-0.39, 0.29) is 18.2 Å². The van der Waals surface area contributed by atoms with Crippen molar-refractivity contribution in [3.05, 3.63) is 35.9 Å². The van der Waals surface area contributed by atoms with Crippen molar-refractivity contribution in [1.29, 1.82) is 0 Å². The number of morpholine rings is 1. The van der Waals surface area contributed by atoms with E-state index < -0.39 is 6.23 Å². The van der Waals surface area contributed by atoms with E-state index in [0.717, 1.165) is 0 Å². The molecular formula is C13H19N3O3. The van der Waals surface area contributed by atoms with E-state index in [9.17, 15) is 4.79 Å². The highest BCUT2D eigenvalue weighted by molar-refractivity contribution is 5.89. The van der Waals surface area contributed by atoms with Gasteiger partial charge in [-0.1, -0.05) is 18.2 Å². The van der Waals surface area contributed by atoms with Gasteiger partial charge in [-0.3, -0.25) is 5.32 Å². The van der Waals surface area contributed by atoms with Gasteiger partial charge < -0.3 is 20.9 Å². The maximum absolute atomic E-state index is 11.7. The molecule has 0 radical (unpaired) electrons. The van der Waals surface area contributed by atoms with Gasteiger partial charge in [-0.15, -0.1) is 0 Å². The van der Waals surface area contributed by atoms with Crippen LogP contribution in [-0.4, -0.2) is 37.6 Å². The largest absolute Gasteiger partial charge is 0.462 e. The number of benzene rings is 1. The smallest absolute Gasteiger partial charge is 0.338 e. The summed E-state index contributed by atoms with van der Waals surface area (Å²) < 4.78 is 10.7. The van der Waals surface area contributed by atoms with Crippen LogP contribution < -0.4 is 16.8 Å². The maximum atomic E-state index is 11.7. The summed E-state index contributed by atoms with van der Waals surface area (Å²) in [5.41, 5.74) is 11.9. The summed E-state index contributed by atoms with van der Waals surface area (Å²) in [4.78, 5) is 11.7. The van der Waals surface area contributed by atoms with E-state index in [1.807, 2.05) is 6.07 Å². The lowest BCUT2D eigenvalue weighted by atomic mass is 10.2. The molecule has 1 aliphatic rings. The minimum atomic E-state index is -0.524. The molecule has 3 atom stereocenters. The highest BCUT2D eigenvalue weighted by atomic mass is 16.5. The first-order valence-corrected chi connectivity index (χ1v) is 6.29. The van der Waals surface area contributed by atoms with Gasteiger partial charge in [0.15, 0.2) is 0 Å². The number of hydrogen-bond donors (Lipinski definition) is 3. The van der Waals surface area contributed by atoms with Crippen LogP contribution in [0.1, 0.15) is 16.8 Å². The van der Waals surface area contributed by atoms with E-state index >= 15 is 0 Å². The SMILES string of the molecule is NC1NCC(CCOC(=O)c2ccccc2)OC1N. The van der Waals surface area contributed by atoms with E-state index in [0.29, 0.717) is 25.1 Å². The number of carbonyl (C=O) groups is 1. The van der Waals surface area contributed by atoms with Crippen molar-refractivity contribution in [3.8, 4) is 0 Å². The normalized spacial score (nSPS) is 26.9. The third kappa shape index (κ3) is 4.00. The van der Waals surface area contributed by atoms with Crippen molar-refractivity contribution in [2.24, 2.45) is 11.5 Å². The van der Waals surface area contributed by atoms with Crippen LogP contribution in [0, 0.1) is 0 Å². The number of esters is 1. The summed E-state index contributed by atoms with van der Waals surface area (Å²) in [6.07, 6.45) is -0.364. The summed E-state index contributed by atoms with van der Waals surface area (Å²) in [6, 6.07) is 8.88. The highest BCUT2D eigenvalue weighted by Gasteiger charge is 2.25. The number of rotatable bonds is 4. The predicted octanol–water partition coefficient (Wildman–Crippen LogP) is -0.208. The fourth-order valence-corrected chi connectivity index (χ4v) is 1.85. The Bertz CT molecular complexity index is 413. The van der Waals surface area contributed by atoms with Gasteiger partial charge in [0.05, 0.1) is 24.4 Å². The van der Waals surface area contributed by atoms with Crippen LogP contribution in [0.3, 0.4) is 0 Å². The average Bonchev–Trinajstić information content (AvgIpc) is 2.43. The Labute approximate surface area is 112 Å². The lowest BCUT2D eigenvalue weighted by Gasteiger charge is -2.33. The second-order valence-corrected chi connectivity index (χ2v) is 4.45. The van der Waals surface area contributed by atoms with Gasteiger partial charge in [-0.05, 0) is 12.1 Å². The molecule has 5 N–H and O–H groups in total. The molecule has 1 fully saturated rings. The maximum Gasteiger partial charge on any atom is 0.338 e. The monoisotopic (exact) mass is 265 g/mol. The van der Waals surface area contributed by atoms with Crippen LogP contribution in [0.15, 0.2) is 30.3 Å². The molecule has 0 amide bonds. The van der Waals surface area contributed by atoms with Gasteiger partial charge in [-0.25, -0.2) is 4.79 Å². The van der Waals surface area contributed by atoms with E-state index in [1.165, 1.54) is 0 Å². The van der Waals surface area contributed by atoms with Crippen LogP contribution >= 0.6 is 0 Å². The molecule has 6 nitrogen and oxygen atoms in total. The molecule has 0 saturated carbocycles. The van der Waals surface area contributed by atoms with Crippen molar-refractivity contribution < 1.29 is 14.3 Å². The molecule has 0 spiro atoms. The minimum absolute atomic E-state index is 0.0848. The van der Waals surface area contributed by atoms with Crippen LogP contribution in [-0.2, 0) is 9.47 Å². The molecule has 104 valence electrons. The number of carbonyl (C=O) groups excluding carboxylic acids is 1. The minimum Gasteiger partial charge on any atom is -0.462 e. The Morgan fingerprint density at radius 3 is 2.79 bits per heavy atom. The topological polar surface area (TPSA) is 99.6 Å². The molecule has 1 aliphatic heterocycles. The third-order valence-corrected chi connectivity index (χ3v) is 2.97. The fourth-order valence-electron chi connectivity index (χ4n) is 1.85. The molecule has 0 bridgehead atoms. The number of hydrogen-bond acceptors (Lipinski definition) is 6. The molecule has 0 aliphatic carbocycles. The van der Waals surface area contributed by atoms with Crippen LogP contribution in [0.25, 0.3) is 0 Å². The van der Waals surface area contributed by atoms with Crippen molar-refractivity contribution in [2.45, 2.75) is 24.9 Å². The zero-order valence-electron chi connectivity index (χ0n) is 10.6. The van der Waals surface area contributed by atoms with Crippen LogP contribution in [0.5, 0.6) is 0 Å². The predicted molar refractivity (Wildman–Crippen MR) is 70.2 cm³/mol. The highest BCUT2D eigenvalue weighted by Crippen LogP contribution is 2.08. The summed E-state index contributed by atoms with van der Waals surface area (Å²) >= 11 is 0. The standard InChI is InChI=1S/C13H19N3O3/c14-11-12(15)19-10(8-16-11)6-7-18-13(17)9-4-2-1-3-5-9/h1-5,10-12,16H,6-8,14-15H2. The van der Waals surface area contributed by atoms with Crippen molar-refractivity contribution in [1.82, 2.24) is 5.32 Å². The van der Waals surface area contributed by atoms with Crippen molar-refractivity contribution in [3.63, 3.8) is 0 Å². The van der Waals surface area contributed by atoms with E-state index in [1.54, 1.807) is 24.3 Å². The molecular weight excluding hydrogens is 246 g/mol. The third-order valence-electron chi connectivity index (χ3n) is 2.97. The van der Waals surface area contributed by atoms with Crippen molar-refractivity contribution in [2.75, 3.05) is 13.2 Å². The van der Waals surface area contributed by atoms with Crippen molar-refractivity contribution >= 4 is 5.97 Å². The number of ether oxygens (including phenoxy) is 2. The summed E-state index contributed by atoms with van der Waals surface area (Å²) in [7, 11) is 0. The zero-order chi connectivity index (χ0) is 13.7. The molecule has 0 aromatic heterocycles. The van der Waals surface area contributed by atoms with Crippen LogP contribution in [0.4, 0.5) is 0 Å². The Morgan fingerprint density at radius 1 is 1.37 bits per heavy atom. The van der Waals surface area contributed by atoms with E-state index in [4.69, 9.17) is 20.9 Å². The van der Waals surface area contributed by atoms with Crippen LogP contribution in [0.2, 0.25) is 0 Å². The first-order chi connectivity index (χ1) is 9.16. The fraction of sp³-hybridized carbons (Fsp3) is 0.462. The molecule has 1 saturated heterocycles. The van der Waals surface area contributed by atoms with Gasteiger partial charge in [0, 0.05) is 13.0 Å². The number of nitrogens with two attached hydrogens (primary N) is 2. The first-order valence-electron chi connectivity index (χ1n) is 6.29. The molecule has 1 aromatic carbocycles. The van der Waals surface area contributed by atoms with Gasteiger partial charge in [0.2, 0.25) is 0 Å². The number of nitrogens with one attached hydrogen (secondary N) is 1. The Morgan fingerprint density at radius 2 is 2.11 bits per heavy atom. The second kappa shape index (κ2) is 6.63. The van der Waals surface area contributed by atoms with Gasteiger partial charge >= 0.3 is 5.97 Å². The molecule has 3 unspecified atom stereocenters. The Balaban J connectivity index is 1.71. The quantitative estimate of drug-likeness (QED) is 0.651. The summed E-state index contributed by atoms with van der Waals surface area (Å²) in [6.45, 7) is 0.903. The second-order valence-electron chi connectivity index (χ2n) is 4.45. The molecule has 2 rings (SSSR count). The molecule has 19 heavy (non-hydrogen) atoms. The van der Waals surface area contributed by atoms with Gasteiger partial charge in [0.1, 0.15) is 6.23 Å². The summed E-state index contributed by atoms with van der Waals surface area (Å²) in [5.74, 6) is -0.328. The molecule has 6 heteroatoms. The van der Waals surface area contributed by atoms with E-state index in [2.05, 4.69) is 5.32 Å². The average molecular weight is 265 g/mol. The first kappa shape index (κ1) is 14.0.